The van der Waals surface area contributed by atoms with Gasteiger partial charge in [-0.25, -0.2) is 0 Å². The highest BCUT2D eigenvalue weighted by Crippen LogP contribution is 2.69. The van der Waals surface area contributed by atoms with Crippen molar-refractivity contribution in [1.29, 1.82) is 0 Å². The van der Waals surface area contributed by atoms with Crippen molar-refractivity contribution in [2.24, 2.45) is 0 Å². The van der Waals surface area contributed by atoms with Gasteiger partial charge < -0.3 is 24.7 Å². The molecule has 1 rings (SSSR count). The largest absolute Gasteiger partial charge is 0.369 e. The number of aliphatic hydroxyl groups is 1. The van der Waals surface area contributed by atoms with E-state index >= 15 is 0 Å². The van der Waals surface area contributed by atoms with Crippen LogP contribution in [-0.2, 0) is 9.13 Å². The average molecular weight is 317 g/mol. The van der Waals surface area contributed by atoms with Gasteiger partial charge >= 0.3 is 15.2 Å². The molecule has 0 bridgehead atoms. The summed E-state index contributed by atoms with van der Waals surface area (Å²) >= 11 is 0. The molecule has 10 heteroatoms. The topological polar surface area (TPSA) is 139 Å². The van der Waals surface area contributed by atoms with E-state index in [9.17, 15) is 14.2 Å². The number of rotatable bonds is 5. The molecule has 0 aliphatic carbocycles. The number of hydrogen-bond acceptors (Lipinski definition) is 4. The van der Waals surface area contributed by atoms with Crippen LogP contribution < -0.4 is 0 Å². The van der Waals surface area contributed by atoms with Gasteiger partial charge in [-0.2, -0.15) is 0 Å². The summed E-state index contributed by atoms with van der Waals surface area (Å²) in [6.07, 6.45) is 1.11. The summed E-state index contributed by atoms with van der Waals surface area (Å²) in [5.41, 5.74) is -0.204. The zero-order valence-corrected chi connectivity index (χ0v) is 12.7. The first-order valence-electron chi connectivity index (χ1n) is 5.90. The first-order valence-corrected chi connectivity index (χ1v) is 9.12. The molecule has 1 heterocycles. The van der Waals surface area contributed by atoms with E-state index in [0.29, 0.717) is 6.54 Å². The molecular weight excluding hydrogens is 296 g/mol. The molecule has 0 aromatic heterocycles. The molecule has 0 spiro atoms. The summed E-state index contributed by atoms with van der Waals surface area (Å²) in [4.78, 5) is 38.0. The van der Waals surface area contributed by atoms with Crippen molar-refractivity contribution in [2.45, 2.75) is 43.7 Å². The van der Waals surface area contributed by atoms with Crippen LogP contribution in [0.3, 0.4) is 0 Å². The predicted octanol–water partition coefficient (Wildman–Crippen LogP) is 0.252. The standard InChI is InChI=1S/C9H21NO7P2/c1-8(2)4-3-6-10(8)7-5-9(11,18(12,13)14)19(15,16)17/h11H,3-7H2,1-2H3,(H2,12,13,14)(H2,15,16,17). The monoisotopic (exact) mass is 317 g/mol. The minimum absolute atomic E-state index is 0.0136. The Morgan fingerprint density at radius 1 is 1.16 bits per heavy atom. The van der Waals surface area contributed by atoms with E-state index in [4.69, 9.17) is 19.6 Å². The van der Waals surface area contributed by atoms with Gasteiger partial charge in [0.1, 0.15) is 0 Å². The van der Waals surface area contributed by atoms with Crippen molar-refractivity contribution < 1.29 is 33.8 Å². The van der Waals surface area contributed by atoms with Crippen LogP contribution in [0.15, 0.2) is 0 Å². The zero-order chi connectivity index (χ0) is 15.1. The van der Waals surface area contributed by atoms with Gasteiger partial charge in [0, 0.05) is 18.5 Å². The molecule has 0 amide bonds. The van der Waals surface area contributed by atoms with Crippen molar-refractivity contribution in [3.63, 3.8) is 0 Å². The van der Waals surface area contributed by atoms with Crippen LogP contribution in [0.1, 0.15) is 33.1 Å². The van der Waals surface area contributed by atoms with Crippen molar-refractivity contribution >= 4 is 15.2 Å². The normalized spacial score (nSPS) is 21.8. The Labute approximate surface area is 111 Å². The Morgan fingerprint density at radius 3 is 1.95 bits per heavy atom. The molecule has 8 nitrogen and oxygen atoms in total. The van der Waals surface area contributed by atoms with Crippen molar-refractivity contribution in [2.75, 3.05) is 13.1 Å². The summed E-state index contributed by atoms with van der Waals surface area (Å²) in [6.45, 7) is 4.56. The molecule has 5 N–H and O–H groups in total. The van der Waals surface area contributed by atoms with Crippen LogP contribution in [0, 0.1) is 0 Å². The molecule has 0 aromatic carbocycles. The molecule has 0 radical (unpaired) electrons. The first kappa shape index (κ1) is 17.3. The second-order valence-corrected chi connectivity index (χ2v) is 9.52. The van der Waals surface area contributed by atoms with Gasteiger partial charge in [0.15, 0.2) is 0 Å². The summed E-state index contributed by atoms with van der Waals surface area (Å²) in [5.74, 6) is 0. The number of likely N-dealkylation sites (tertiary alicyclic amines) is 1. The fraction of sp³-hybridized carbons (Fsp3) is 1.00. The number of nitrogens with zero attached hydrogens (tertiary/aromatic N) is 1. The molecule has 0 atom stereocenters. The molecule has 1 fully saturated rings. The smallest absolute Gasteiger partial charge is 0.367 e. The molecule has 0 aromatic rings. The summed E-state index contributed by atoms with van der Waals surface area (Å²) in [6, 6.07) is 0. The SMILES string of the molecule is CC1(C)CCCN1CCC(O)(P(=O)(O)O)P(=O)(O)O. The molecule has 1 aliphatic rings. The minimum Gasteiger partial charge on any atom is -0.367 e. The first-order chi connectivity index (χ1) is 8.31. The highest BCUT2D eigenvalue weighted by Gasteiger charge is 2.59. The Kier molecular flexibility index (Phi) is 4.73. The van der Waals surface area contributed by atoms with Crippen LogP contribution in [0.4, 0.5) is 0 Å². The van der Waals surface area contributed by atoms with Gasteiger partial charge in [0.25, 0.3) is 5.08 Å². The van der Waals surface area contributed by atoms with E-state index in [1.807, 2.05) is 18.7 Å². The maximum absolute atomic E-state index is 11.2. The Morgan fingerprint density at radius 2 is 1.63 bits per heavy atom. The Hall–Kier alpha value is 0.220. The van der Waals surface area contributed by atoms with Crippen LogP contribution in [0.2, 0.25) is 0 Å². The maximum Gasteiger partial charge on any atom is 0.369 e. The molecule has 0 unspecified atom stereocenters. The quantitative estimate of drug-likeness (QED) is 0.455. The number of hydrogen-bond donors (Lipinski definition) is 5. The zero-order valence-electron chi connectivity index (χ0n) is 10.9. The fourth-order valence-corrected chi connectivity index (χ4v) is 4.46. The highest BCUT2D eigenvalue weighted by atomic mass is 31.2. The Balaban J connectivity index is 2.88. The lowest BCUT2D eigenvalue weighted by Gasteiger charge is -2.35. The minimum atomic E-state index is -5.34. The van der Waals surface area contributed by atoms with Crippen molar-refractivity contribution in [3.05, 3.63) is 0 Å². The van der Waals surface area contributed by atoms with Gasteiger partial charge in [-0.05, 0) is 33.2 Å². The Bertz CT molecular complexity index is 404. The van der Waals surface area contributed by atoms with Gasteiger partial charge in [-0.3, -0.25) is 14.0 Å². The predicted molar refractivity (Wildman–Crippen MR) is 68.5 cm³/mol. The van der Waals surface area contributed by atoms with Crippen LogP contribution in [0.25, 0.3) is 0 Å². The lowest BCUT2D eigenvalue weighted by Crippen LogP contribution is -2.42. The maximum atomic E-state index is 11.2. The van der Waals surface area contributed by atoms with Gasteiger partial charge in [0.05, 0.1) is 0 Å². The molecular formula is C9H21NO7P2. The second-order valence-electron chi connectivity index (χ2n) is 5.52. The van der Waals surface area contributed by atoms with Crippen LogP contribution >= 0.6 is 15.2 Å². The van der Waals surface area contributed by atoms with E-state index < -0.39 is 26.7 Å². The van der Waals surface area contributed by atoms with E-state index in [1.165, 1.54) is 0 Å². The third-order valence-electron chi connectivity index (χ3n) is 3.72. The average Bonchev–Trinajstić information content (AvgIpc) is 2.50. The van der Waals surface area contributed by atoms with Crippen LogP contribution in [-0.4, -0.2) is 53.3 Å². The van der Waals surface area contributed by atoms with Crippen molar-refractivity contribution in [1.82, 2.24) is 4.90 Å². The van der Waals surface area contributed by atoms with E-state index in [0.717, 1.165) is 12.8 Å². The third-order valence-corrected chi connectivity index (χ3v) is 7.60. The van der Waals surface area contributed by atoms with E-state index in [1.54, 1.807) is 0 Å². The third kappa shape index (κ3) is 3.46. The molecule has 1 saturated heterocycles. The van der Waals surface area contributed by atoms with E-state index in [-0.39, 0.29) is 12.1 Å². The lowest BCUT2D eigenvalue weighted by atomic mass is 10.0. The molecule has 0 saturated carbocycles. The summed E-state index contributed by atoms with van der Waals surface area (Å²) in [7, 11) is -10.7. The van der Waals surface area contributed by atoms with Gasteiger partial charge in [-0.15, -0.1) is 0 Å². The summed E-state index contributed by atoms with van der Waals surface area (Å²) in [5, 5.41) is 6.46. The molecule has 19 heavy (non-hydrogen) atoms. The van der Waals surface area contributed by atoms with E-state index in [2.05, 4.69) is 0 Å². The fourth-order valence-electron chi connectivity index (χ4n) is 2.32. The highest BCUT2D eigenvalue weighted by molar-refractivity contribution is 7.72. The van der Waals surface area contributed by atoms with Crippen LogP contribution in [0.5, 0.6) is 0 Å². The second kappa shape index (κ2) is 5.20. The van der Waals surface area contributed by atoms with Crippen molar-refractivity contribution in [3.8, 4) is 0 Å². The van der Waals surface area contributed by atoms with Gasteiger partial charge in [-0.1, -0.05) is 0 Å². The van der Waals surface area contributed by atoms with Gasteiger partial charge in [0.2, 0.25) is 0 Å². The molecule has 114 valence electrons. The summed E-state index contributed by atoms with van der Waals surface area (Å²) < 4.78 is 22.4. The molecule has 1 aliphatic heterocycles. The lowest BCUT2D eigenvalue weighted by molar-refractivity contribution is 0.0929.